The molecule has 0 aliphatic heterocycles. The second-order valence-electron chi connectivity index (χ2n) is 5.91. The van der Waals surface area contributed by atoms with E-state index in [2.05, 4.69) is 23.6 Å². The van der Waals surface area contributed by atoms with Crippen molar-refractivity contribution < 1.29 is 4.79 Å². The maximum atomic E-state index is 12.9. The number of hydrogen-bond acceptors (Lipinski definition) is 2. The molecule has 1 aromatic heterocycles. The molecule has 0 aliphatic rings. The van der Waals surface area contributed by atoms with Gasteiger partial charge in [0.05, 0.1) is 6.54 Å². The smallest absolute Gasteiger partial charge is 0.254 e. The van der Waals surface area contributed by atoms with E-state index in [-0.39, 0.29) is 5.91 Å². The Morgan fingerprint density at radius 1 is 0.958 bits per heavy atom. The lowest BCUT2D eigenvalue weighted by molar-refractivity contribution is 0.0747. The van der Waals surface area contributed by atoms with Crippen LogP contribution in [0.25, 0.3) is 0 Å². The van der Waals surface area contributed by atoms with Crippen LogP contribution in [0.3, 0.4) is 0 Å². The lowest BCUT2D eigenvalue weighted by Crippen LogP contribution is -2.32. The predicted molar refractivity (Wildman–Crippen MR) is 100 cm³/mol. The first-order chi connectivity index (χ1) is 11.7. The van der Waals surface area contributed by atoms with Crippen LogP contribution in [0.5, 0.6) is 0 Å². The van der Waals surface area contributed by atoms with Gasteiger partial charge in [0.2, 0.25) is 0 Å². The average molecular weight is 335 g/mol. The highest BCUT2D eigenvalue weighted by atomic mass is 32.1. The number of carbonyl (C=O) groups excluding carboxylic acids is 1. The predicted octanol–water partition coefficient (Wildman–Crippen LogP) is 4.94. The van der Waals surface area contributed by atoms with Crippen molar-refractivity contribution >= 4 is 17.2 Å². The fourth-order valence-electron chi connectivity index (χ4n) is 2.63. The maximum Gasteiger partial charge on any atom is 0.254 e. The second kappa shape index (κ2) is 7.93. The van der Waals surface area contributed by atoms with Crippen LogP contribution in [0.4, 0.5) is 0 Å². The topological polar surface area (TPSA) is 20.3 Å². The minimum atomic E-state index is 0.0966. The fourth-order valence-corrected chi connectivity index (χ4v) is 3.35. The SMILES string of the molecule is Cc1ccc(C(=O)N(CCc2ccccc2)Cc2cccs2)cc1. The van der Waals surface area contributed by atoms with Gasteiger partial charge in [-0.05, 0) is 42.5 Å². The Bertz CT molecular complexity index is 763. The molecule has 1 heterocycles. The van der Waals surface area contributed by atoms with Crippen LogP contribution in [0.2, 0.25) is 0 Å². The van der Waals surface area contributed by atoms with E-state index in [1.54, 1.807) is 11.3 Å². The molecule has 24 heavy (non-hydrogen) atoms. The third kappa shape index (κ3) is 4.33. The summed E-state index contributed by atoms with van der Waals surface area (Å²) in [5.74, 6) is 0.0966. The Kier molecular flexibility index (Phi) is 5.44. The molecule has 0 spiro atoms. The molecule has 122 valence electrons. The normalized spacial score (nSPS) is 10.5. The van der Waals surface area contributed by atoms with Gasteiger partial charge in [-0.3, -0.25) is 4.79 Å². The molecule has 2 aromatic carbocycles. The van der Waals surface area contributed by atoms with Crippen molar-refractivity contribution in [3.05, 3.63) is 93.7 Å². The van der Waals surface area contributed by atoms with Gasteiger partial charge in [-0.2, -0.15) is 0 Å². The number of rotatable bonds is 6. The first-order valence-corrected chi connectivity index (χ1v) is 9.02. The van der Waals surface area contributed by atoms with Gasteiger partial charge in [0.25, 0.3) is 5.91 Å². The lowest BCUT2D eigenvalue weighted by Gasteiger charge is -2.22. The van der Waals surface area contributed by atoms with Gasteiger partial charge in [-0.25, -0.2) is 0 Å². The summed E-state index contributed by atoms with van der Waals surface area (Å²) in [6.07, 6.45) is 0.865. The summed E-state index contributed by atoms with van der Waals surface area (Å²) in [5.41, 5.74) is 3.18. The standard InChI is InChI=1S/C21H21NOS/c1-17-9-11-19(12-10-17)21(23)22(16-20-8-5-15-24-20)14-13-18-6-3-2-4-7-18/h2-12,15H,13-14,16H2,1H3. The molecule has 3 aromatic rings. The Morgan fingerprint density at radius 2 is 1.71 bits per heavy atom. The van der Waals surface area contributed by atoms with Crippen molar-refractivity contribution in [1.82, 2.24) is 4.90 Å². The number of nitrogens with zero attached hydrogens (tertiary/aromatic N) is 1. The third-order valence-electron chi connectivity index (χ3n) is 4.03. The second-order valence-corrected chi connectivity index (χ2v) is 6.94. The van der Waals surface area contributed by atoms with Crippen LogP contribution in [-0.4, -0.2) is 17.4 Å². The number of carbonyl (C=O) groups is 1. The Hall–Kier alpha value is -2.39. The monoisotopic (exact) mass is 335 g/mol. The minimum absolute atomic E-state index is 0.0966. The first-order valence-electron chi connectivity index (χ1n) is 8.14. The molecule has 3 rings (SSSR count). The van der Waals surface area contributed by atoms with Gasteiger partial charge >= 0.3 is 0 Å². The summed E-state index contributed by atoms with van der Waals surface area (Å²) >= 11 is 1.69. The van der Waals surface area contributed by atoms with Crippen LogP contribution >= 0.6 is 11.3 Å². The maximum absolute atomic E-state index is 12.9. The van der Waals surface area contributed by atoms with E-state index in [9.17, 15) is 4.79 Å². The highest BCUT2D eigenvalue weighted by Gasteiger charge is 2.16. The van der Waals surface area contributed by atoms with Gasteiger partial charge in [-0.1, -0.05) is 54.1 Å². The van der Waals surface area contributed by atoms with E-state index in [1.807, 2.05) is 60.4 Å². The van der Waals surface area contributed by atoms with Crippen molar-refractivity contribution in [2.75, 3.05) is 6.54 Å². The van der Waals surface area contributed by atoms with Crippen molar-refractivity contribution in [1.29, 1.82) is 0 Å². The van der Waals surface area contributed by atoms with Crippen molar-refractivity contribution in [3.8, 4) is 0 Å². The summed E-state index contributed by atoms with van der Waals surface area (Å²) in [6.45, 7) is 3.42. The quantitative estimate of drug-likeness (QED) is 0.625. The minimum Gasteiger partial charge on any atom is -0.333 e. The van der Waals surface area contributed by atoms with Crippen LogP contribution in [0, 0.1) is 6.92 Å². The van der Waals surface area contributed by atoms with Gasteiger partial charge in [-0.15, -0.1) is 11.3 Å². The highest BCUT2D eigenvalue weighted by Crippen LogP contribution is 2.16. The summed E-state index contributed by atoms with van der Waals surface area (Å²) in [4.78, 5) is 16.1. The van der Waals surface area contributed by atoms with Crippen LogP contribution in [0.1, 0.15) is 26.4 Å². The van der Waals surface area contributed by atoms with Crippen LogP contribution in [-0.2, 0) is 13.0 Å². The lowest BCUT2D eigenvalue weighted by atomic mass is 10.1. The molecule has 0 atom stereocenters. The molecule has 0 N–H and O–H groups in total. The molecule has 1 amide bonds. The Labute approximate surface area is 147 Å². The zero-order valence-electron chi connectivity index (χ0n) is 13.8. The van der Waals surface area contributed by atoms with Crippen LogP contribution < -0.4 is 0 Å². The summed E-state index contributed by atoms with van der Waals surface area (Å²) < 4.78 is 0. The molecular weight excluding hydrogens is 314 g/mol. The molecule has 2 nitrogen and oxygen atoms in total. The van der Waals surface area contributed by atoms with Gasteiger partial charge in [0.15, 0.2) is 0 Å². The number of hydrogen-bond donors (Lipinski definition) is 0. The first kappa shape index (κ1) is 16.5. The van der Waals surface area contributed by atoms with Gasteiger partial charge in [0, 0.05) is 17.0 Å². The Morgan fingerprint density at radius 3 is 2.38 bits per heavy atom. The van der Waals surface area contributed by atoms with E-state index in [0.717, 1.165) is 12.0 Å². The number of aryl methyl sites for hydroxylation is 1. The van der Waals surface area contributed by atoms with E-state index in [0.29, 0.717) is 13.1 Å². The van der Waals surface area contributed by atoms with E-state index in [4.69, 9.17) is 0 Å². The molecule has 0 radical (unpaired) electrons. The van der Waals surface area contributed by atoms with E-state index < -0.39 is 0 Å². The zero-order chi connectivity index (χ0) is 16.8. The molecule has 3 heteroatoms. The van der Waals surface area contributed by atoms with Gasteiger partial charge < -0.3 is 4.90 Å². The molecule has 0 saturated carbocycles. The molecule has 0 saturated heterocycles. The molecule has 0 fully saturated rings. The third-order valence-corrected chi connectivity index (χ3v) is 4.89. The van der Waals surface area contributed by atoms with Gasteiger partial charge in [0.1, 0.15) is 0 Å². The largest absolute Gasteiger partial charge is 0.333 e. The Balaban J connectivity index is 1.75. The summed E-state index contributed by atoms with van der Waals surface area (Å²) in [7, 11) is 0. The number of benzene rings is 2. The van der Waals surface area contributed by atoms with Crippen molar-refractivity contribution in [2.45, 2.75) is 19.9 Å². The summed E-state index contributed by atoms with van der Waals surface area (Å²) in [5, 5.41) is 2.06. The zero-order valence-corrected chi connectivity index (χ0v) is 14.6. The fraction of sp³-hybridized carbons (Fsp3) is 0.190. The van der Waals surface area contributed by atoms with Crippen molar-refractivity contribution in [2.24, 2.45) is 0 Å². The number of thiophene rings is 1. The molecule has 0 unspecified atom stereocenters. The average Bonchev–Trinajstić information content (AvgIpc) is 3.13. The highest BCUT2D eigenvalue weighted by molar-refractivity contribution is 7.09. The van der Waals surface area contributed by atoms with E-state index >= 15 is 0 Å². The number of amides is 1. The molecule has 0 aliphatic carbocycles. The van der Waals surface area contributed by atoms with Crippen molar-refractivity contribution in [3.63, 3.8) is 0 Å². The molecular formula is C21H21NOS. The molecule has 0 bridgehead atoms. The summed E-state index contributed by atoms with van der Waals surface area (Å²) in [6, 6.07) is 22.3. The van der Waals surface area contributed by atoms with E-state index in [1.165, 1.54) is 16.0 Å². The van der Waals surface area contributed by atoms with Crippen LogP contribution in [0.15, 0.2) is 72.1 Å².